The summed E-state index contributed by atoms with van der Waals surface area (Å²) in [5.41, 5.74) is 2.69. The highest BCUT2D eigenvalue weighted by Crippen LogP contribution is 2.25. The third-order valence-corrected chi connectivity index (χ3v) is 6.32. The number of nitrogens with zero attached hydrogens (tertiary/aromatic N) is 4. The smallest absolute Gasteiger partial charge is 0.230 e. The van der Waals surface area contributed by atoms with Gasteiger partial charge in [0.25, 0.3) is 0 Å². The number of aromatic nitrogens is 4. The molecule has 0 bridgehead atoms. The van der Waals surface area contributed by atoms with Crippen molar-refractivity contribution in [2.24, 2.45) is 5.92 Å². The van der Waals surface area contributed by atoms with Crippen LogP contribution in [0.15, 0.2) is 34.9 Å². The van der Waals surface area contributed by atoms with Crippen molar-refractivity contribution in [1.29, 1.82) is 0 Å². The van der Waals surface area contributed by atoms with Gasteiger partial charge in [-0.25, -0.2) is 0 Å². The van der Waals surface area contributed by atoms with Crippen molar-refractivity contribution in [1.82, 2.24) is 19.6 Å². The predicted molar refractivity (Wildman–Crippen MR) is 115 cm³/mol. The molecule has 0 aliphatic heterocycles. The minimum Gasteiger partial charge on any atom is -0.309 e. The lowest BCUT2D eigenvalue weighted by atomic mass is 10.1. The highest BCUT2D eigenvalue weighted by atomic mass is 79.9. The highest BCUT2D eigenvalue weighted by molar-refractivity contribution is 9.10. The van der Waals surface area contributed by atoms with E-state index in [9.17, 15) is 4.79 Å². The minimum atomic E-state index is -0.270. The number of aryl methyl sites for hydroxylation is 1. The highest BCUT2D eigenvalue weighted by Gasteiger charge is 2.18. The van der Waals surface area contributed by atoms with Gasteiger partial charge in [-0.15, -0.1) is 0 Å². The summed E-state index contributed by atoms with van der Waals surface area (Å²) < 4.78 is 4.49. The summed E-state index contributed by atoms with van der Waals surface area (Å²) in [5, 5.41) is 12.9. The van der Waals surface area contributed by atoms with Crippen LogP contribution < -0.4 is 5.32 Å². The number of nitrogens with one attached hydrogen (secondary N) is 1. The van der Waals surface area contributed by atoms with Crippen LogP contribution in [0.4, 0.5) is 5.82 Å². The van der Waals surface area contributed by atoms with Gasteiger partial charge >= 0.3 is 0 Å². The summed E-state index contributed by atoms with van der Waals surface area (Å²) >= 11 is 15.9. The van der Waals surface area contributed by atoms with E-state index in [1.165, 1.54) is 0 Å². The van der Waals surface area contributed by atoms with Crippen molar-refractivity contribution < 1.29 is 4.79 Å². The number of anilines is 1. The van der Waals surface area contributed by atoms with E-state index in [0.29, 0.717) is 29.0 Å². The van der Waals surface area contributed by atoms with Gasteiger partial charge < -0.3 is 5.32 Å². The maximum Gasteiger partial charge on any atom is 0.230 e. The van der Waals surface area contributed by atoms with E-state index in [1.807, 2.05) is 25.5 Å². The molecule has 1 unspecified atom stereocenters. The Balaban J connectivity index is 1.64. The first-order valence-electron chi connectivity index (χ1n) is 8.73. The minimum absolute atomic E-state index is 0.121. The van der Waals surface area contributed by atoms with E-state index in [4.69, 9.17) is 23.2 Å². The third kappa shape index (κ3) is 4.59. The molecule has 0 fully saturated rings. The maximum absolute atomic E-state index is 12.5. The van der Waals surface area contributed by atoms with Gasteiger partial charge in [0.2, 0.25) is 5.91 Å². The molecular formula is C19H20BrCl2N5O. The predicted octanol–water partition coefficient (Wildman–Crippen LogP) is 5.09. The number of hydrogen-bond donors (Lipinski definition) is 1. The fraction of sp³-hybridized carbons (Fsp3) is 0.316. The van der Waals surface area contributed by atoms with Gasteiger partial charge in [-0.05, 0) is 41.9 Å². The van der Waals surface area contributed by atoms with E-state index in [0.717, 1.165) is 21.4 Å². The lowest BCUT2D eigenvalue weighted by Crippen LogP contribution is -2.25. The van der Waals surface area contributed by atoms with Gasteiger partial charge in [-0.3, -0.25) is 14.2 Å². The van der Waals surface area contributed by atoms with Crippen LogP contribution in [-0.4, -0.2) is 25.5 Å². The number of carbonyl (C=O) groups excluding carboxylic acids is 1. The summed E-state index contributed by atoms with van der Waals surface area (Å²) in [6.07, 6.45) is 1.78. The number of rotatable bonds is 6. The largest absolute Gasteiger partial charge is 0.309 e. The second kappa shape index (κ2) is 8.68. The molecular weight excluding hydrogens is 465 g/mol. The summed E-state index contributed by atoms with van der Waals surface area (Å²) in [6, 6.07) is 7.11. The molecule has 0 saturated carbocycles. The SMILES string of the molecule is Cc1nn(CC(C)C(=O)Nc2ccn(Cc3c(Cl)cccc3Cl)n2)c(C)c1Br. The van der Waals surface area contributed by atoms with Crippen LogP contribution in [0.25, 0.3) is 0 Å². The molecule has 6 nitrogen and oxygen atoms in total. The van der Waals surface area contributed by atoms with Crippen LogP contribution in [0.5, 0.6) is 0 Å². The van der Waals surface area contributed by atoms with Crippen molar-refractivity contribution >= 4 is 50.9 Å². The summed E-state index contributed by atoms with van der Waals surface area (Å²) in [6.45, 7) is 6.66. The molecule has 148 valence electrons. The lowest BCUT2D eigenvalue weighted by Gasteiger charge is -2.12. The molecule has 0 spiro atoms. The normalized spacial score (nSPS) is 12.2. The average Bonchev–Trinajstić information content (AvgIpc) is 3.18. The van der Waals surface area contributed by atoms with Crippen LogP contribution in [0, 0.1) is 19.8 Å². The summed E-state index contributed by atoms with van der Waals surface area (Å²) in [4.78, 5) is 12.5. The molecule has 2 aromatic heterocycles. The van der Waals surface area contributed by atoms with Crippen molar-refractivity contribution in [3.63, 3.8) is 0 Å². The van der Waals surface area contributed by atoms with E-state index < -0.39 is 0 Å². The maximum atomic E-state index is 12.5. The Bertz CT molecular complexity index is 994. The zero-order valence-electron chi connectivity index (χ0n) is 15.7. The van der Waals surface area contributed by atoms with Crippen molar-refractivity contribution in [3.05, 3.63) is 61.9 Å². The standard InChI is InChI=1S/C19H20BrCl2N5O/c1-11(9-27-13(3)18(20)12(2)24-27)19(28)23-17-7-8-26(25-17)10-14-15(21)5-4-6-16(14)22/h4-8,11H,9-10H2,1-3H3,(H,23,25,28). The topological polar surface area (TPSA) is 64.7 Å². The quantitative estimate of drug-likeness (QED) is 0.530. The van der Waals surface area contributed by atoms with E-state index >= 15 is 0 Å². The van der Waals surface area contributed by atoms with Crippen LogP contribution in [-0.2, 0) is 17.9 Å². The molecule has 0 aliphatic rings. The molecule has 3 rings (SSSR count). The van der Waals surface area contributed by atoms with E-state index in [-0.39, 0.29) is 11.8 Å². The molecule has 1 amide bonds. The Morgan fingerprint density at radius 1 is 1.21 bits per heavy atom. The molecule has 3 aromatic rings. The first-order valence-corrected chi connectivity index (χ1v) is 10.3. The molecule has 1 aromatic carbocycles. The zero-order valence-corrected chi connectivity index (χ0v) is 18.8. The molecule has 0 radical (unpaired) electrons. The van der Waals surface area contributed by atoms with Crippen LogP contribution >= 0.6 is 39.1 Å². The van der Waals surface area contributed by atoms with E-state index in [2.05, 4.69) is 31.4 Å². The van der Waals surface area contributed by atoms with Crippen LogP contribution in [0.1, 0.15) is 23.9 Å². The number of hydrogen-bond acceptors (Lipinski definition) is 3. The average molecular weight is 485 g/mol. The molecule has 28 heavy (non-hydrogen) atoms. The first-order chi connectivity index (χ1) is 13.3. The van der Waals surface area contributed by atoms with Gasteiger partial charge in [-0.2, -0.15) is 10.2 Å². The summed E-state index contributed by atoms with van der Waals surface area (Å²) in [7, 11) is 0. The Labute approximate surface area is 182 Å². The second-order valence-electron chi connectivity index (χ2n) is 6.66. The summed E-state index contributed by atoms with van der Waals surface area (Å²) in [5.74, 6) is 0.0901. The zero-order chi connectivity index (χ0) is 20.4. The number of amides is 1. The molecule has 9 heteroatoms. The van der Waals surface area contributed by atoms with Crippen LogP contribution in [0.3, 0.4) is 0 Å². The fourth-order valence-corrected chi connectivity index (χ4v) is 3.61. The third-order valence-electron chi connectivity index (χ3n) is 4.46. The van der Waals surface area contributed by atoms with Crippen LogP contribution in [0.2, 0.25) is 10.0 Å². The number of carbonyl (C=O) groups is 1. The van der Waals surface area contributed by atoms with Gasteiger partial charge in [0, 0.05) is 33.6 Å². The fourth-order valence-electron chi connectivity index (χ4n) is 2.81. The number of halogens is 3. The number of benzene rings is 1. The Morgan fingerprint density at radius 3 is 2.50 bits per heavy atom. The van der Waals surface area contributed by atoms with E-state index in [1.54, 1.807) is 35.1 Å². The molecule has 2 heterocycles. The Kier molecular flexibility index (Phi) is 6.47. The van der Waals surface area contributed by atoms with Gasteiger partial charge in [0.1, 0.15) is 0 Å². The van der Waals surface area contributed by atoms with Crippen molar-refractivity contribution in [2.75, 3.05) is 5.32 Å². The molecule has 0 saturated heterocycles. The monoisotopic (exact) mass is 483 g/mol. The Morgan fingerprint density at radius 2 is 1.89 bits per heavy atom. The van der Waals surface area contributed by atoms with Crippen molar-refractivity contribution in [3.8, 4) is 0 Å². The molecule has 1 N–H and O–H groups in total. The lowest BCUT2D eigenvalue weighted by molar-refractivity contribution is -0.119. The molecule has 0 aliphatic carbocycles. The Hall–Kier alpha value is -1.83. The van der Waals surface area contributed by atoms with Gasteiger partial charge in [-0.1, -0.05) is 36.2 Å². The first kappa shape index (κ1) is 20.9. The van der Waals surface area contributed by atoms with Crippen molar-refractivity contribution in [2.45, 2.75) is 33.9 Å². The van der Waals surface area contributed by atoms with Gasteiger partial charge in [0.15, 0.2) is 5.82 Å². The molecule has 1 atom stereocenters. The second-order valence-corrected chi connectivity index (χ2v) is 8.26. The van der Waals surface area contributed by atoms with Gasteiger partial charge in [0.05, 0.1) is 29.2 Å².